The van der Waals surface area contributed by atoms with Crippen LogP contribution in [0.4, 0.5) is 0 Å². The molecule has 12 heavy (non-hydrogen) atoms. The van der Waals surface area contributed by atoms with Gasteiger partial charge in [0.2, 0.25) is 0 Å². The summed E-state index contributed by atoms with van der Waals surface area (Å²) in [7, 11) is 0. The number of carbonyl (C=O) groups is 1. The summed E-state index contributed by atoms with van der Waals surface area (Å²) in [6.07, 6.45) is 1.13. The van der Waals surface area contributed by atoms with Crippen LogP contribution in [-0.4, -0.2) is 5.97 Å². The Labute approximate surface area is 77.3 Å². The fraction of sp³-hybridized carbons (Fsp3) is 0. The monoisotopic (exact) mass is 184 g/mol. The van der Waals surface area contributed by atoms with E-state index in [4.69, 9.17) is 4.74 Å². The molecule has 64 valence electrons. The van der Waals surface area contributed by atoms with E-state index in [1.54, 1.807) is 24.3 Å². The van der Waals surface area contributed by atoms with E-state index in [9.17, 15) is 4.79 Å². The molecule has 0 heterocycles. The van der Waals surface area contributed by atoms with Gasteiger partial charge in [-0.05, 0) is 12.1 Å². The Bertz CT molecular complexity index is 256. The third-order valence-electron chi connectivity index (χ3n) is 1.13. The van der Waals surface area contributed by atoms with E-state index in [1.165, 1.54) is 0 Å². The summed E-state index contributed by atoms with van der Waals surface area (Å²) >= 11 is 0. The van der Waals surface area contributed by atoms with Gasteiger partial charge >= 0.3 is 5.97 Å². The zero-order valence-corrected chi connectivity index (χ0v) is 7.21. The second-order valence-corrected chi connectivity index (χ2v) is 1.94. The third-order valence-corrected chi connectivity index (χ3v) is 1.13. The number of para-hydroxylation sites is 1. The lowest BCUT2D eigenvalue weighted by atomic mass is 10.3. The normalized spacial score (nSPS) is 8.00. The van der Waals surface area contributed by atoms with Gasteiger partial charge in [-0.1, -0.05) is 24.8 Å². The quantitative estimate of drug-likeness (QED) is 0.400. The molecule has 2 nitrogen and oxygen atoms in total. The third kappa shape index (κ3) is 3.21. The summed E-state index contributed by atoms with van der Waals surface area (Å²) in [5.74, 6) is 0.105. The van der Waals surface area contributed by atoms with Gasteiger partial charge in [0.05, 0.1) is 0 Å². The average Bonchev–Trinajstić information content (AvgIpc) is 2.06. The number of hydrogen-bond donors (Lipinski definition) is 0. The predicted molar refractivity (Wildman–Crippen MR) is 49.5 cm³/mol. The fourth-order valence-electron chi connectivity index (χ4n) is 0.646. The SMILES string of the molecule is C=CC(=O)Oc1ccccc1.Cl. The smallest absolute Gasteiger partial charge is 0.335 e. The van der Waals surface area contributed by atoms with Crippen LogP contribution < -0.4 is 4.74 Å². The fourth-order valence-corrected chi connectivity index (χ4v) is 0.646. The number of hydrogen-bond acceptors (Lipinski definition) is 2. The van der Waals surface area contributed by atoms with Crippen molar-refractivity contribution in [2.45, 2.75) is 0 Å². The first kappa shape index (κ1) is 10.7. The van der Waals surface area contributed by atoms with Crippen molar-refractivity contribution in [3.05, 3.63) is 43.0 Å². The van der Waals surface area contributed by atoms with Gasteiger partial charge in [-0.2, -0.15) is 0 Å². The van der Waals surface area contributed by atoms with Crippen LogP contribution in [0.5, 0.6) is 5.75 Å². The highest BCUT2D eigenvalue weighted by Gasteiger charge is 1.95. The Balaban J connectivity index is 0.00000121. The highest BCUT2D eigenvalue weighted by Crippen LogP contribution is 2.07. The minimum Gasteiger partial charge on any atom is -0.423 e. The Morgan fingerprint density at radius 2 is 1.92 bits per heavy atom. The summed E-state index contributed by atoms with van der Waals surface area (Å²) < 4.78 is 4.81. The molecule has 0 N–H and O–H groups in total. The molecular formula is C9H9ClO2. The summed E-state index contributed by atoms with van der Waals surface area (Å²) in [5.41, 5.74) is 0. The number of rotatable bonds is 2. The number of benzene rings is 1. The van der Waals surface area contributed by atoms with Gasteiger partial charge in [-0.25, -0.2) is 4.79 Å². The summed E-state index contributed by atoms with van der Waals surface area (Å²) in [6.45, 7) is 3.28. The van der Waals surface area contributed by atoms with Crippen molar-refractivity contribution in [1.29, 1.82) is 0 Å². The molecule has 0 fully saturated rings. The Morgan fingerprint density at radius 3 is 2.42 bits per heavy atom. The van der Waals surface area contributed by atoms with Crippen LogP contribution in [0.2, 0.25) is 0 Å². The van der Waals surface area contributed by atoms with E-state index in [-0.39, 0.29) is 12.4 Å². The molecule has 1 aromatic carbocycles. The van der Waals surface area contributed by atoms with Crippen molar-refractivity contribution >= 4 is 18.4 Å². The van der Waals surface area contributed by atoms with E-state index in [0.29, 0.717) is 5.75 Å². The van der Waals surface area contributed by atoms with E-state index in [2.05, 4.69) is 6.58 Å². The predicted octanol–water partition coefficient (Wildman–Crippen LogP) is 2.20. The summed E-state index contributed by atoms with van der Waals surface area (Å²) in [5, 5.41) is 0. The highest BCUT2D eigenvalue weighted by atomic mass is 35.5. The van der Waals surface area contributed by atoms with Crippen LogP contribution in [-0.2, 0) is 4.79 Å². The van der Waals surface area contributed by atoms with Crippen molar-refractivity contribution in [1.82, 2.24) is 0 Å². The summed E-state index contributed by atoms with van der Waals surface area (Å²) in [4.78, 5) is 10.6. The Morgan fingerprint density at radius 1 is 1.33 bits per heavy atom. The maximum atomic E-state index is 10.6. The first-order chi connectivity index (χ1) is 5.33. The Kier molecular flexibility index (Phi) is 4.81. The molecule has 0 radical (unpaired) electrons. The van der Waals surface area contributed by atoms with Crippen molar-refractivity contribution < 1.29 is 9.53 Å². The molecule has 0 bridgehead atoms. The molecule has 1 aromatic rings. The number of halogens is 1. The summed E-state index contributed by atoms with van der Waals surface area (Å²) in [6, 6.07) is 8.87. The van der Waals surface area contributed by atoms with E-state index >= 15 is 0 Å². The van der Waals surface area contributed by atoms with Crippen molar-refractivity contribution in [2.75, 3.05) is 0 Å². The van der Waals surface area contributed by atoms with Crippen molar-refractivity contribution in [3.63, 3.8) is 0 Å². The largest absolute Gasteiger partial charge is 0.423 e. The number of esters is 1. The van der Waals surface area contributed by atoms with Gasteiger partial charge in [0.25, 0.3) is 0 Å². The van der Waals surface area contributed by atoms with Gasteiger partial charge < -0.3 is 4.74 Å². The molecule has 0 aliphatic rings. The maximum Gasteiger partial charge on any atom is 0.335 e. The molecule has 0 aliphatic carbocycles. The highest BCUT2D eigenvalue weighted by molar-refractivity contribution is 5.85. The van der Waals surface area contributed by atoms with Crippen LogP contribution in [0.3, 0.4) is 0 Å². The molecule has 0 aromatic heterocycles. The molecule has 0 saturated carbocycles. The Hall–Kier alpha value is -1.28. The molecule has 1 rings (SSSR count). The molecule has 0 amide bonds. The van der Waals surface area contributed by atoms with E-state index in [1.807, 2.05) is 6.07 Å². The lowest BCUT2D eigenvalue weighted by Crippen LogP contribution is -2.02. The van der Waals surface area contributed by atoms with Gasteiger partial charge in [-0.3, -0.25) is 0 Å². The van der Waals surface area contributed by atoms with E-state index < -0.39 is 5.97 Å². The first-order valence-corrected chi connectivity index (χ1v) is 3.22. The zero-order chi connectivity index (χ0) is 8.10. The minimum absolute atomic E-state index is 0. The van der Waals surface area contributed by atoms with Gasteiger partial charge in [0.15, 0.2) is 0 Å². The van der Waals surface area contributed by atoms with Crippen molar-refractivity contribution in [2.24, 2.45) is 0 Å². The topological polar surface area (TPSA) is 26.3 Å². The number of carbonyl (C=O) groups excluding carboxylic acids is 1. The standard InChI is InChI=1S/C9H8O2.ClH/c1-2-9(10)11-8-6-4-3-5-7-8;/h2-7H,1H2;1H. The zero-order valence-electron chi connectivity index (χ0n) is 6.40. The van der Waals surface area contributed by atoms with E-state index in [0.717, 1.165) is 6.08 Å². The number of ether oxygens (including phenoxy) is 1. The van der Waals surface area contributed by atoms with Gasteiger partial charge in [0, 0.05) is 6.08 Å². The minimum atomic E-state index is -0.434. The molecule has 0 saturated heterocycles. The lowest BCUT2D eigenvalue weighted by Gasteiger charge is -1.98. The van der Waals surface area contributed by atoms with Crippen LogP contribution >= 0.6 is 12.4 Å². The van der Waals surface area contributed by atoms with Gasteiger partial charge in [-0.15, -0.1) is 12.4 Å². The average molecular weight is 185 g/mol. The van der Waals surface area contributed by atoms with Crippen LogP contribution in [0, 0.1) is 0 Å². The molecule has 0 aliphatic heterocycles. The maximum absolute atomic E-state index is 10.6. The molecule has 0 unspecified atom stereocenters. The van der Waals surface area contributed by atoms with Crippen LogP contribution in [0.1, 0.15) is 0 Å². The second-order valence-electron chi connectivity index (χ2n) is 1.94. The molecular weight excluding hydrogens is 176 g/mol. The van der Waals surface area contributed by atoms with Gasteiger partial charge in [0.1, 0.15) is 5.75 Å². The lowest BCUT2D eigenvalue weighted by molar-refractivity contribution is -0.128. The molecule has 3 heteroatoms. The first-order valence-electron chi connectivity index (χ1n) is 3.22. The molecule has 0 atom stereocenters. The molecule has 0 spiro atoms. The van der Waals surface area contributed by atoms with Crippen molar-refractivity contribution in [3.8, 4) is 5.75 Å². The van der Waals surface area contributed by atoms with Crippen LogP contribution in [0.15, 0.2) is 43.0 Å². The van der Waals surface area contributed by atoms with Crippen LogP contribution in [0.25, 0.3) is 0 Å². The second kappa shape index (κ2) is 5.38.